The zero-order valence-electron chi connectivity index (χ0n) is 43.4. The highest BCUT2D eigenvalue weighted by Crippen LogP contribution is 2.23. The first-order chi connectivity index (χ1) is 35.9. The van der Waals surface area contributed by atoms with Gasteiger partial charge in [0, 0.05) is 44.2 Å². The van der Waals surface area contributed by atoms with Crippen LogP contribution in [0, 0.1) is 11.8 Å². The summed E-state index contributed by atoms with van der Waals surface area (Å²) in [5, 5.41) is 45.5. The van der Waals surface area contributed by atoms with Gasteiger partial charge >= 0.3 is 11.9 Å². The van der Waals surface area contributed by atoms with Crippen molar-refractivity contribution in [3.8, 4) is 5.75 Å². The largest absolute Gasteiger partial charge is 0.508 e. The summed E-state index contributed by atoms with van der Waals surface area (Å²) in [4.78, 5) is 135. The normalized spacial score (nSPS) is 16.7. The lowest BCUT2D eigenvalue weighted by Crippen LogP contribution is -2.62. The summed E-state index contributed by atoms with van der Waals surface area (Å²) >= 11 is 0. The smallest absolute Gasteiger partial charge is 0.329 e. The van der Waals surface area contributed by atoms with Crippen LogP contribution >= 0.6 is 0 Å². The Labute approximate surface area is 440 Å². The molecule has 414 valence electrons. The van der Waals surface area contributed by atoms with E-state index in [2.05, 4.69) is 46.9 Å². The Morgan fingerprint density at radius 1 is 0.803 bits per heavy atom. The average Bonchev–Trinajstić information content (AvgIpc) is 4.08. The van der Waals surface area contributed by atoms with Gasteiger partial charge in [-0.1, -0.05) is 76.6 Å². The van der Waals surface area contributed by atoms with Gasteiger partial charge in [-0.3, -0.25) is 43.3 Å². The molecule has 25 nitrogen and oxygen atoms in total. The number of rotatable bonds is 29. The summed E-state index contributed by atoms with van der Waals surface area (Å²) in [6.45, 7) is 8.29. The number of carboxylic acids is 2. The first kappa shape index (κ1) is 60.5. The zero-order valence-corrected chi connectivity index (χ0v) is 43.4. The van der Waals surface area contributed by atoms with Crippen molar-refractivity contribution in [2.24, 2.45) is 34.0 Å². The van der Waals surface area contributed by atoms with E-state index >= 15 is 0 Å². The molecule has 1 fully saturated rings. The zero-order chi connectivity index (χ0) is 56.3. The number of aliphatic imine (C=N–C) groups is 1. The number of phenols is 1. The molecular formula is C51H73N13O12. The maximum atomic E-state index is 14.6. The molecule has 2 heterocycles. The number of H-pyrrole nitrogens is 1. The van der Waals surface area contributed by atoms with Crippen molar-refractivity contribution in [3.05, 3.63) is 83.9 Å². The minimum absolute atomic E-state index is 0.0368. The maximum Gasteiger partial charge on any atom is 0.329 e. The average molecular weight is 1060 g/mol. The lowest BCUT2D eigenvalue weighted by molar-refractivity contribution is -0.149. The number of phenolic OH excluding ortho intramolecular Hbond substituents is 1. The second-order valence-corrected chi connectivity index (χ2v) is 19.6. The Morgan fingerprint density at radius 3 is 2.01 bits per heavy atom. The first-order valence-electron chi connectivity index (χ1n) is 25.1. The van der Waals surface area contributed by atoms with Crippen LogP contribution in [0.5, 0.6) is 5.75 Å². The number of guanidine groups is 1. The predicted molar refractivity (Wildman–Crippen MR) is 277 cm³/mol. The summed E-state index contributed by atoms with van der Waals surface area (Å²) in [5.41, 5.74) is 16.5. The van der Waals surface area contributed by atoms with Crippen LogP contribution < -0.4 is 49.1 Å². The Hall–Kier alpha value is -8.09. The van der Waals surface area contributed by atoms with Gasteiger partial charge < -0.3 is 74.3 Å². The molecule has 2 aromatic carbocycles. The van der Waals surface area contributed by atoms with E-state index in [1.807, 2.05) is 0 Å². The van der Waals surface area contributed by atoms with Crippen LogP contribution in [0.1, 0.15) is 90.0 Å². The summed E-state index contributed by atoms with van der Waals surface area (Å²) in [6.07, 6.45) is 2.86. The minimum Gasteiger partial charge on any atom is -0.508 e. The molecule has 16 N–H and O–H groups in total. The number of carbonyl (C=O) groups is 9. The second-order valence-electron chi connectivity index (χ2n) is 19.6. The predicted octanol–water partition coefficient (Wildman–Crippen LogP) is -0.925. The summed E-state index contributed by atoms with van der Waals surface area (Å²) < 4.78 is 0. The highest BCUT2D eigenvalue weighted by atomic mass is 16.4. The number of carbonyl (C=O) groups excluding carboxylic acids is 7. The lowest BCUT2D eigenvalue weighted by Gasteiger charge is -2.33. The molecule has 0 radical (unpaired) electrons. The van der Waals surface area contributed by atoms with Gasteiger partial charge in [0.15, 0.2) is 5.96 Å². The maximum absolute atomic E-state index is 14.6. The number of carboxylic acid groups (broad SMARTS) is 2. The van der Waals surface area contributed by atoms with Crippen LogP contribution in [0.25, 0.3) is 0 Å². The topological polar surface area (TPSA) is 409 Å². The van der Waals surface area contributed by atoms with Crippen LogP contribution in [-0.2, 0) is 62.4 Å². The van der Waals surface area contributed by atoms with Gasteiger partial charge in [0.25, 0.3) is 0 Å². The highest BCUT2D eigenvalue weighted by Gasteiger charge is 2.43. The standard InChI is InChI=1S/C51H73N13O12/c1-6-29(4)41(47(73)60-37(23-32-26-55-27-57-32)48(74)64-21-11-15-38(64)45(71)63-51(5,49(75)76)25-31-12-8-7-9-13-31)62-44(70)36(22-30-16-18-33(65)19-17-30)59-46(72)40(28(2)3)61-43(69)35(14-10-20-56-50(53)54)58-42(68)34(52)24-39(66)67/h7-9,12-13,16-19,26-29,34-38,40-41,65H,6,10-11,14-15,20-25,52H2,1-5H3,(H,55,57)(H,58,68)(H,59,72)(H,60,73)(H,61,69)(H,62,70)(H,63,71)(H,66,67)(H,75,76)(H4,53,54,56)/t29-,34-,35-,36-,37-,38-,40-,41-,51-/m0/s1. The number of aliphatic carboxylic acids is 2. The number of nitrogens with zero attached hydrogens (tertiary/aromatic N) is 3. The van der Waals surface area contributed by atoms with Crippen LogP contribution in [0.2, 0.25) is 0 Å². The number of likely N-dealkylation sites (tertiary alicyclic amines) is 1. The van der Waals surface area contributed by atoms with E-state index in [1.54, 1.807) is 58.0 Å². The Kier molecular flexibility index (Phi) is 22.7. The summed E-state index contributed by atoms with van der Waals surface area (Å²) in [5.74, 6) is -9.69. The second kappa shape index (κ2) is 28.5. The van der Waals surface area contributed by atoms with Crippen molar-refractivity contribution in [2.75, 3.05) is 13.1 Å². The molecule has 25 heteroatoms. The van der Waals surface area contributed by atoms with E-state index in [1.165, 1.54) is 48.6 Å². The number of imidazole rings is 1. The number of aromatic amines is 1. The highest BCUT2D eigenvalue weighted by molar-refractivity contribution is 5.98. The minimum atomic E-state index is -1.73. The molecule has 0 spiro atoms. The van der Waals surface area contributed by atoms with E-state index in [-0.39, 0.29) is 63.3 Å². The van der Waals surface area contributed by atoms with E-state index in [4.69, 9.17) is 17.2 Å². The molecule has 3 aromatic rings. The fourth-order valence-electron chi connectivity index (χ4n) is 8.53. The molecule has 1 aliphatic rings. The Bertz CT molecular complexity index is 2510. The number of hydrogen-bond donors (Lipinski definition) is 13. The number of hydrogen-bond acceptors (Lipinski definition) is 13. The summed E-state index contributed by atoms with van der Waals surface area (Å²) in [7, 11) is 0. The van der Waals surface area contributed by atoms with E-state index in [0.717, 1.165) is 0 Å². The molecule has 1 aromatic heterocycles. The molecular weight excluding hydrogens is 987 g/mol. The molecule has 7 amide bonds. The fraction of sp³-hybridized carbons (Fsp3) is 0.510. The van der Waals surface area contributed by atoms with E-state index in [9.17, 15) is 58.5 Å². The quantitative estimate of drug-likeness (QED) is 0.0227. The number of amides is 7. The molecule has 1 aliphatic heterocycles. The van der Waals surface area contributed by atoms with E-state index < -0.39 is 119 Å². The van der Waals surface area contributed by atoms with Crippen LogP contribution in [0.15, 0.2) is 72.1 Å². The number of aromatic nitrogens is 2. The van der Waals surface area contributed by atoms with Gasteiger partial charge in [-0.15, -0.1) is 0 Å². The molecule has 76 heavy (non-hydrogen) atoms. The van der Waals surface area contributed by atoms with Crippen molar-refractivity contribution >= 4 is 59.2 Å². The van der Waals surface area contributed by atoms with Gasteiger partial charge in [-0.2, -0.15) is 0 Å². The number of benzene rings is 2. The number of nitrogens with two attached hydrogens (primary N) is 3. The fourth-order valence-corrected chi connectivity index (χ4v) is 8.53. The lowest BCUT2D eigenvalue weighted by atomic mass is 9.92. The Morgan fingerprint density at radius 2 is 1.42 bits per heavy atom. The van der Waals surface area contributed by atoms with E-state index in [0.29, 0.717) is 29.7 Å². The number of aromatic hydroxyl groups is 1. The molecule has 0 unspecified atom stereocenters. The molecule has 0 saturated carbocycles. The van der Waals surface area contributed by atoms with Crippen LogP contribution in [-0.4, -0.2) is 150 Å². The third-order valence-electron chi connectivity index (χ3n) is 13.1. The van der Waals surface area contributed by atoms with Crippen LogP contribution in [0.3, 0.4) is 0 Å². The van der Waals surface area contributed by atoms with Crippen molar-refractivity contribution in [1.82, 2.24) is 46.8 Å². The molecule has 9 atom stereocenters. The molecule has 1 saturated heterocycles. The van der Waals surface area contributed by atoms with Gasteiger partial charge in [-0.25, -0.2) is 9.78 Å². The first-order valence-corrected chi connectivity index (χ1v) is 25.1. The van der Waals surface area contributed by atoms with Gasteiger partial charge in [0.2, 0.25) is 41.4 Å². The van der Waals surface area contributed by atoms with Crippen molar-refractivity contribution in [2.45, 2.75) is 140 Å². The van der Waals surface area contributed by atoms with Gasteiger partial charge in [0.05, 0.1) is 18.8 Å². The summed E-state index contributed by atoms with van der Waals surface area (Å²) in [6, 6.07) is 5.23. The van der Waals surface area contributed by atoms with Gasteiger partial charge in [-0.05, 0) is 67.7 Å². The molecule has 4 rings (SSSR count). The number of nitrogens with one attached hydrogen (secondary N) is 7. The molecule has 0 aliphatic carbocycles. The monoisotopic (exact) mass is 1060 g/mol. The molecule has 0 bridgehead atoms. The van der Waals surface area contributed by atoms with Crippen LogP contribution in [0.4, 0.5) is 0 Å². The third-order valence-corrected chi connectivity index (χ3v) is 13.1. The Balaban J connectivity index is 1.60. The third kappa shape index (κ3) is 18.1. The van der Waals surface area contributed by atoms with Gasteiger partial charge in [0.1, 0.15) is 47.5 Å². The van der Waals surface area contributed by atoms with Crippen molar-refractivity contribution in [3.63, 3.8) is 0 Å². The van der Waals surface area contributed by atoms with Crippen molar-refractivity contribution in [1.29, 1.82) is 0 Å². The van der Waals surface area contributed by atoms with Crippen molar-refractivity contribution < 1.29 is 58.5 Å². The SMILES string of the molecule is CC[C@H](C)[C@H](NC(=O)[C@H](Cc1ccc(O)cc1)NC(=O)[C@@H](NC(=O)[C@H](CCCN=C(N)N)NC(=O)[C@@H](N)CC(=O)O)C(C)C)C(=O)N[C@@H](Cc1cnc[nH]1)C(=O)N1CCC[C@H]1C(=O)N[C@@](C)(Cc1ccccc1)C(=O)O.